The summed E-state index contributed by atoms with van der Waals surface area (Å²) in [5, 5.41) is 25.0. The van der Waals surface area contributed by atoms with Gasteiger partial charge in [-0.05, 0) is 38.4 Å². The molecule has 0 aliphatic carbocycles. The monoisotopic (exact) mass is 344 g/mol. The van der Waals surface area contributed by atoms with Gasteiger partial charge in [0.05, 0.1) is 17.2 Å². The number of carbonyl (C=O) groups is 1. The molecule has 0 radical (unpaired) electrons. The standard InChI is InChI=1S/C16H20N6O3/c1-2-11-3-4-12(9-15(11)22(24)25)18-16(23)14-10-21(20-19-14)13-5-7-17-8-6-13/h3-4,9-10,13,17H,2,5-8H2,1H3,(H,18,23). The molecule has 0 saturated carbocycles. The summed E-state index contributed by atoms with van der Waals surface area (Å²) in [6.07, 6.45) is 4.06. The van der Waals surface area contributed by atoms with Crippen molar-refractivity contribution < 1.29 is 9.72 Å². The van der Waals surface area contributed by atoms with Gasteiger partial charge in [0.2, 0.25) is 0 Å². The average Bonchev–Trinajstić information content (AvgIpc) is 3.12. The highest BCUT2D eigenvalue weighted by Gasteiger charge is 2.20. The van der Waals surface area contributed by atoms with Crippen LogP contribution in [0.5, 0.6) is 0 Å². The fourth-order valence-electron chi connectivity index (χ4n) is 2.94. The van der Waals surface area contributed by atoms with Crippen LogP contribution in [0.1, 0.15) is 41.9 Å². The lowest BCUT2D eigenvalue weighted by Crippen LogP contribution is -2.29. The number of benzene rings is 1. The minimum Gasteiger partial charge on any atom is -0.320 e. The number of nitro groups is 1. The first-order valence-corrected chi connectivity index (χ1v) is 8.29. The molecule has 2 heterocycles. The first-order chi connectivity index (χ1) is 12.1. The van der Waals surface area contributed by atoms with E-state index in [1.165, 1.54) is 6.07 Å². The second-order valence-electron chi connectivity index (χ2n) is 5.97. The summed E-state index contributed by atoms with van der Waals surface area (Å²) in [4.78, 5) is 23.0. The van der Waals surface area contributed by atoms with Gasteiger partial charge in [0.25, 0.3) is 11.6 Å². The van der Waals surface area contributed by atoms with Gasteiger partial charge in [-0.1, -0.05) is 18.2 Å². The number of amides is 1. The molecule has 1 fully saturated rings. The van der Waals surface area contributed by atoms with E-state index in [2.05, 4.69) is 20.9 Å². The fourth-order valence-corrected chi connectivity index (χ4v) is 2.94. The summed E-state index contributed by atoms with van der Waals surface area (Å²) < 4.78 is 1.72. The second kappa shape index (κ2) is 7.39. The van der Waals surface area contributed by atoms with Crippen molar-refractivity contribution in [2.75, 3.05) is 18.4 Å². The van der Waals surface area contributed by atoms with E-state index in [4.69, 9.17) is 0 Å². The largest absolute Gasteiger partial charge is 0.320 e. The maximum atomic E-state index is 12.3. The Balaban J connectivity index is 1.73. The molecule has 1 aliphatic rings. The van der Waals surface area contributed by atoms with Gasteiger partial charge in [0.1, 0.15) is 0 Å². The first kappa shape index (κ1) is 17.0. The smallest absolute Gasteiger partial charge is 0.277 e. The summed E-state index contributed by atoms with van der Waals surface area (Å²) in [5.74, 6) is -0.432. The highest BCUT2D eigenvalue weighted by molar-refractivity contribution is 6.02. The minimum absolute atomic E-state index is 0.00124. The van der Waals surface area contributed by atoms with Crippen molar-refractivity contribution >= 4 is 17.3 Å². The lowest BCUT2D eigenvalue weighted by atomic mass is 10.1. The Labute approximate surface area is 144 Å². The van der Waals surface area contributed by atoms with Crippen molar-refractivity contribution in [2.45, 2.75) is 32.2 Å². The summed E-state index contributed by atoms with van der Waals surface area (Å²) in [7, 11) is 0. The molecule has 9 nitrogen and oxygen atoms in total. The number of rotatable bonds is 5. The van der Waals surface area contributed by atoms with Crippen LogP contribution < -0.4 is 10.6 Å². The zero-order valence-corrected chi connectivity index (χ0v) is 13.9. The molecule has 0 unspecified atom stereocenters. The average molecular weight is 344 g/mol. The van der Waals surface area contributed by atoms with Crippen LogP contribution in [0.4, 0.5) is 11.4 Å². The molecule has 0 spiro atoms. The number of aryl methyl sites for hydroxylation is 1. The Morgan fingerprint density at radius 3 is 2.88 bits per heavy atom. The molecule has 3 rings (SSSR count). The summed E-state index contributed by atoms with van der Waals surface area (Å²) in [5.41, 5.74) is 1.18. The van der Waals surface area contributed by atoms with Gasteiger partial charge in [-0.3, -0.25) is 14.9 Å². The van der Waals surface area contributed by atoms with Crippen LogP contribution in [0.3, 0.4) is 0 Å². The van der Waals surface area contributed by atoms with Gasteiger partial charge in [-0.2, -0.15) is 0 Å². The molecule has 132 valence electrons. The number of nitrogens with zero attached hydrogens (tertiary/aromatic N) is 4. The van der Waals surface area contributed by atoms with Crippen LogP contribution in [0.25, 0.3) is 0 Å². The second-order valence-corrected chi connectivity index (χ2v) is 5.97. The third-order valence-corrected chi connectivity index (χ3v) is 4.35. The Morgan fingerprint density at radius 1 is 1.44 bits per heavy atom. The van der Waals surface area contributed by atoms with Gasteiger partial charge in [-0.15, -0.1) is 5.10 Å². The highest BCUT2D eigenvalue weighted by atomic mass is 16.6. The number of piperidine rings is 1. The molecule has 1 aromatic carbocycles. The van der Waals surface area contributed by atoms with Gasteiger partial charge >= 0.3 is 0 Å². The van der Waals surface area contributed by atoms with Crippen molar-refractivity contribution in [3.63, 3.8) is 0 Å². The number of nitro benzene ring substituents is 1. The molecule has 1 aromatic heterocycles. The third kappa shape index (κ3) is 3.82. The number of anilines is 1. The van der Waals surface area contributed by atoms with E-state index in [0.29, 0.717) is 17.7 Å². The predicted molar refractivity (Wildman–Crippen MR) is 91.6 cm³/mol. The molecular weight excluding hydrogens is 324 g/mol. The Kier molecular flexibility index (Phi) is 5.03. The van der Waals surface area contributed by atoms with Crippen molar-refractivity contribution in [2.24, 2.45) is 0 Å². The number of hydrogen-bond acceptors (Lipinski definition) is 6. The van der Waals surface area contributed by atoms with Crippen molar-refractivity contribution in [3.8, 4) is 0 Å². The summed E-state index contributed by atoms with van der Waals surface area (Å²) >= 11 is 0. The summed E-state index contributed by atoms with van der Waals surface area (Å²) in [6.45, 7) is 3.68. The third-order valence-electron chi connectivity index (χ3n) is 4.35. The normalized spacial score (nSPS) is 15.1. The lowest BCUT2D eigenvalue weighted by Gasteiger charge is -2.22. The molecule has 1 aliphatic heterocycles. The van der Waals surface area contributed by atoms with Gasteiger partial charge in [0, 0.05) is 17.3 Å². The van der Waals surface area contributed by atoms with E-state index in [-0.39, 0.29) is 17.4 Å². The number of aromatic nitrogens is 3. The van der Waals surface area contributed by atoms with E-state index >= 15 is 0 Å². The van der Waals surface area contributed by atoms with Gasteiger partial charge < -0.3 is 10.6 Å². The maximum Gasteiger partial charge on any atom is 0.277 e. The van der Waals surface area contributed by atoms with E-state index < -0.39 is 10.8 Å². The molecule has 1 amide bonds. The van der Waals surface area contributed by atoms with Crippen LogP contribution in [0.15, 0.2) is 24.4 Å². The van der Waals surface area contributed by atoms with Crippen molar-refractivity contribution in [1.82, 2.24) is 20.3 Å². The van der Waals surface area contributed by atoms with Gasteiger partial charge in [-0.25, -0.2) is 4.68 Å². The lowest BCUT2D eigenvalue weighted by molar-refractivity contribution is -0.385. The van der Waals surface area contributed by atoms with E-state index in [1.807, 2.05) is 6.92 Å². The molecule has 9 heteroatoms. The summed E-state index contributed by atoms with van der Waals surface area (Å²) in [6, 6.07) is 4.91. The first-order valence-electron chi connectivity index (χ1n) is 8.29. The molecular formula is C16H20N6O3. The quantitative estimate of drug-likeness (QED) is 0.632. The van der Waals surface area contributed by atoms with Gasteiger partial charge in [0.15, 0.2) is 5.69 Å². The number of carbonyl (C=O) groups excluding carboxylic acids is 1. The van der Waals surface area contributed by atoms with Crippen LogP contribution in [0, 0.1) is 10.1 Å². The highest BCUT2D eigenvalue weighted by Crippen LogP contribution is 2.24. The number of hydrogen-bond donors (Lipinski definition) is 2. The van der Waals surface area contributed by atoms with Crippen LogP contribution in [0.2, 0.25) is 0 Å². The topological polar surface area (TPSA) is 115 Å². The Morgan fingerprint density at radius 2 is 2.20 bits per heavy atom. The zero-order valence-electron chi connectivity index (χ0n) is 13.9. The molecule has 2 aromatic rings. The van der Waals surface area contributed by atoms with Crippen molar-refractivity contribution in [3.05, 3.63) is 45.8 Å². The van der Waals surface area contributed by atoms with E-state index in [9.17, 15) is 14.9 Å². The molecule has 0 atom stereocenters. The maximum absolute atomic E-state index is 12.3. The Bertz CT molecular complexity index is 782. The van der Waals surface area contributed by atoms with E-state index in [1.54, 1.807) is 23.0 Å². The molecule has 2 N–H and O–H groups in total. The number of nitrogens with one attached hydrogen (secondary N) is 2. The van der Waals surface area contributed by atoms with Crippen LogP contribution in [-0.4, -0.2) is 38.9 Å². The minimum atomic E-state index is -0.443. The van der Waals surface area contributed by atoms with Crippen LogP contribution in [-0.2, 0) is 6.42 Å². The molecule has 25 heavy (non-hydrogen) atoms. The SMILES string of the molecule is CCc1ccc(NC(=O)c2cn(C3CCNCC3)nn2)cc1[N+](=O)[O-]. The molecule has 1 saturated heterocycles. The molecule has 0 bridgehead atoms. The van der Waals surface area contributed by atoms with Crippen molar-refractivity contribution in [1.29, 1.82) is 0 Å². The van der Waals surface area contributed by atoms with E-state index in [0.717, 1.165) is 25.9 Å². The predicted octanol–water partition coefficient (Wildman–Crippen LogP) is 1.93. The fraction of sp³-hybridized carbons (Fsp3) is 0.438. The van der Waals surface area contributed by atoms with Crippen LogP contribution >= 0.6 is 0 Å². The zero-order chi connectivity index (χ0) is 17.8. The Hall–Kier alpha value is -2.81.